The maximum Gasteiger partial charge on any atom is 0.264 e. The Bertz CT molecular complexity index is 464. The lowest BCUT2D eigenvalue weighted by Crippen LogP contribution is -2.17. The van der Waals surface area contributed by atoms with Crippen LogP contribution in [0.1, 0.15) is 17.6 Å². The summed E-state index contributed by atoms with van der Waals surface area (Å²) in [4.78, 5) is 3.43. The number of nitrogens with zero attached hydrogens (tertiary/aromatic N) is 1. The molecule has 0 aliphatic heterocycles. The predicted molar refractivity (Wildman–Crippen MR) is 50.1 cm³/mol. The standard InChI is InChI=1S/C7H7ClF2N2O2S/c8-3-5-4(6(9)10)1-2-12-7(5)15(11,13)14/h1-2,6H,3H2,(H2,11,13,14). The van der Waals surface area contributed by atoms with Crippen molar-refractivity contribution in [1.82, 2.24) is 4.98 Å². The third-order valence-electron chi connectivity index (χ3n) is 1.69. The Morgan fingerprint density at radius 2 is 2.13 bits per heavy atom. The second-order valence-corrected chi connectivity index (χ2v) is 4.41. The smallest absolute Gasteiger partial charge is 0.243 e. The van der Waals surface area contributed by atoms with Crippen molar-refractivity contribution in [1.29, 1.82) is 0 Å². The highest BCUT2D eigenvalue weighted by atomic mass is 35.5. The summed E-state index contributed by atoms with van der Waals surface area (Å²) in [6, 6.07) is 1.01. The Morgan fingerprint density at radius 3 is 2.53 bits per heavy atom. The molecule has 1 aromatic rings. The molecule has 0 unspecified atom stereocenters. The minimum absolute atomic E-state index is 0.253. The molecule has 2 N–H and O–H groups in total. The van der Waals surface area contributed by atoms with Crippen LogP contribution in [0.15, 0.2) is 17.3 Å². The van der Waals surface area contributed by atoms with Gasteiger partial charge in [-0.3, -0.25) is 0 Å². The molecule has 0 aromatic carbocycles. The highest BCUT2D eigenvalue weighted by molar-refractivity contribution is 7.89. The Hall–Kier alpha value is -0.790. The van der Waals surface area contributed by atoms with Crippen molar-refractivity contribution in [2.45, 2.75) is 17.3 Å². The van der Waals surface area contributed by atoms with Gasteiger partial charge in [0, 0.05) is 17.3 Å². The van der Waals surface area contributed by atoms with E-state index in [1.807, 2.05) is 0 Å². The van der Waals surface area contributed by atoms with Crippen LogP contribution >= 0.6 is 11.6 Å². The summed E-state index contributed by atoms with van der Waals surface area (Å²) in [7, 11) is -4.13. The van der Waals surface area contributed by atoms with Gasteiger partial charge in [-0.1, -0.05) is 0 Å². The molecule has 0 saturated carbocycles. The average Bonchev–Trinajstić information content (AvgIpc) is 2.15. The molecule has 0 bridgehead atoms. The molecular formula is C7H7ClF2N2O2S. The van der Waals surface area contributed by atoms with E-state index in [1.54, 1.807) is 0 Å². The van der Waals surface area contributed by atoms with Gasteiger partial charge in [0.15, 0.2) is 5.03 Å². The van der Waals surface area contributed by atoms with Gasteiger partial charge in [0.05, 0.1) is 5.88 Å². The van der Waals surface area contributed by atoms with Crippen LogP contribution in [0.2, 0.25) is 0 Å². The molecule has 8 heteroatoms. The van der Waals surface area contributed by atoms with E-state index >= 15 is 0 Å². The Kier molecular flexibility index (Phi) is 3.58. The van der Waals surface area contributed by atoms with Gasteiger partial charge in [-0.2, -0.15) is 0 Å². The predicted octanol–water partition coefficient (Wildman–Crippen LogP) is 1.41. The van der Waals surface area contributed by atoms with E-state index in [4.69, 9.17) is 16.7 Å². The quantitative estimate of drug-likeness (QED) is 0.831. The van der Waals surface area contributed by atoms with E-state index in [0.29, 0.717) is 0 Å². The molecule has 1 heterocycles. The minimum Gasteiger partial charge on any atom is -0.243 e. The van der Waals surface area contributed by atoms with Crippen LogP contribution in [0.3, 0.4) is 0 Å². The first-order valence-corrected chi connectivity index (χ1v) is 5.80. The third kappa shape index (κ3) is 2.61. The van der Waals surface area contributed by atoms with E-state index < -0.39 is 27.0 Å². The van der Waals surface area contributed by atoms with Crippen LogP contribution < -0.4 is 5.14 Å². The molecule has 0 saturated heterocycles. The number of nitrogens with two attached hydrogens (primary N) is 1. The van der Waals surface area contributed by atoms with Crippen LogP contribution in [-0.4, -0.2) is 13.4 Å². The number of sulfonamides is 1. The van der Waals surface area contributed by atoms with E-state index in [0.717, 1.165) is 12.3 Å². The highest BCUT2D eigenvalue weighted by Crippen LogP contribution is 2.27. The number of rotatable bonds is 3. The van der Waals surface area contributed by atoms with Crippen LogP contribution in [0.4, 0.5) is 8.78 Å². The molecule has 0 aliphatic rings. The summed E-state index contributed by atoms with van der Waals surface area (Å²) in [5, 5.41) is 4.21. The average molecular weight is 257 g/mol. The normalized spacial score (nSPS) is 12.1. The summed E-state index contributed by atoms with van der Waals surface area (Å²) in [6.45, 7) is 0. The summed E-state index contributed by atoms with van der Waals surface area (Å²) in [5.74, 6) is -0.390. The first-order chi connectivity index (χ1) is 6.88. The van der Waals surface area contributed by atoms with E-state index in [9.17, 15) is 17.2 Å². The van der Waals surface area contributed by atoms with Crippen molar-refractivity contribution in [2.75, 3.05) is 0 Å². The molecule has 15 heavy (non-hydrogen) atoms. The third-order valence-corrected chi connectivity index (χ3v) is 2.85. The molecule has 1 aromatic heterocycles. The van der Waals surface area contributed by atoms with Gasteiger partial charge < -0.3 is 0 Å². The van der Waals surface area contributed by atoms with Gasteiger partial charge in [0.25, 0.3) is 16.4 Å². The minimum atomic E-state index is -4.13. The number of alkyl halides is 3. The van der Waals surface area contributed by atoms with Gasteiger partial charge in [0.2, 0.25) is 0 Å². The van der Waals surface area contributed by atoms with Crippen molar-refractivity contribution >= 4 is 21.6 Å². The van der Waals surface area contributed by atoms with E-state index in [-0.39, 0.29) is 11.4 Å². The summed E-state index contributed by atoms with van der Waals surface area (Å²) in [6.07, 6.45) is -1.86. The largest absolute Gasteiger partial charge is 0.264 e. The van der Waals surface area contributed by atoms with Gasteiger partial charge >= 0.3 is 0 Å². The van der Waals surface area contributed by atoms with Gasteiger partial charge in [-0.25, -0.2) is 27.3 Å². The lowest BCUT2D eigenvalue weighted by molar-refractivity contribution is 0.150. The van der Waals surface area contributed by atoms with Crippen molar-refractivity contribution in [3.63, 3.8) is 0 Å². The molecule has 84 valence electrons. The molecule has 0 fully saturated rings. The molecule has 0 spiro atoms. The summed E-state index contributed by atoms with van der Waals surface area (Å²) >= 11 is 5.39. The Balaban J connectivity index is 3.49. The van der Waals surface area contributed by atoms with Crippen LogP contribution in [-0.2, 0) is 15.9 Å². The van der Waals surface area contributed by atoms with Crippen molar-refractivity contribution in [2.24, 2.45) is 5.14 Å². The van der Waals surface area contributed by atoms with Crippen LogP contribution in [0.25, 0.3) is 0 Å². The number of aromatic nitrogens is 1. The molecule has 0 aliphatic carbocycles. The lowest BCUT2D eigenvalue weighted by atomic mass is 10.2. The van der Waals surface area contributed by atoms with Gasteiger partial charge in [-0.15, -0.1) is 11.6 Å². The fraction of sp³-hybridized carbons (Fsp3) is 0.286. The first kappa shape index (κ1) is 12.3. The molecule has 1 rings (SSSR count). The molecule has 4 nitrogen and oxygen atoms in total. The number of primary sulfonamides is 1. The highest BCUT2D eigenvalue weighted by Gasteiger charge is 2.22. The maximum atomic E-state index is 12.5. The van der Waals surface area contributed by atoms with Crippen molar-refractivity contribution in [3.05, 3.63) is 23.4 Å². The zero-order valence-corrected chi connectivity index (χ0v) is 8.89. The molecule has 0 radical (unpaired) electrons. The Labute approximate surface area is 90.1 Å². The molecular weight excluding hydrogens is 250 g/mol. The summed E-state index contributed by atoms with van der Waals surface area (Å²) in [5.41, 5.74) is -0.722. The SMILES string of the molecule is NS(=O)(=O)c1nccc(C(F)F)c1CCl. The fourth-order valence-corrected chi connectivity index (χ4v) is 2.17. The zero-order chi connectivity index (χ0) is 11.6. The number of hydrogen-bond donors (Lipinski definition) is 1. The maximum absolute atomic E-state index is 12.5. The van der Waals surface area contributed by atoms with Crippen LogP contribution in [0, 0.1) is 0 Å². The fourth-order valence-electron chi connectivity index (χ4n) is 1.07. The Morgan fingerprint density at radius 1 is 1.53 bits per heavy atom. The van der Waals surface area contributed by atoms with Gasteiger partial charge in [-0.05, 0) is 6.07 Å². The topological polar surface area (TPSA) is 73.1 Å². The van der Waals surface area contributed by atoms with Crippen LogP contribution in [0.5, 0.6) is 0 Å². The summed E-state index contributed by atoms with van der Waals surface area (Å²) < 4.78 is 46.9. The van der Waals surface area contributed by atoms with Crippen molar-refractivity contribution in [3.8, 4) is 0 Å². The molecule has 0 amide bonds. The second-order valence-electron chi connectivity index (χ2n) is 2.66. The monoisotopic (exact) mass is 256 g/mol. The number of pyridine rings is 1. The first-order valence-electron chi connectivity index (χ1n) is 3.72. The molecule has 0 atom stereocenters. The van der Waals surface area contributed by atoms with Gasteiger partial charge in [0.1, 0.15) is 0 Å². The second kappa shape index (κ2) is 4.38. The lowest BCUT2D eigenvalue weighted by Gasteiger charge is -2.09. The van der Waals surface area contributed by atoms with E-state index in [1.165, 1.54) is 0 Å². The number of hydrogen-bond acceptors (Lipinski definition) is 3. The number of halogens is 3. The zero-order valence-electron chi connectivity index (χ0n) is 7.32. The van der Waals surface area contributed by atoms with E-state index in [2.05, 4.69) is 4.98 Å². The van der Waals surface area contributed by atoms with Crippen molar-refractivity contribution < 1.29 is 17.2 Å².